The number of hydrogen-bond donors (Lipinski definition) is 3. The predicted molar refractivity (Wildman–Crippen MR) is 160 cm³/mol. The number of ether oxygens (including phenoxy) is 2. The van der Waals surface area contributed by atoms with E-state index in [0.29, 0.717) is 24.3 Å². The van der Waals surface area contributed by atoms with Crippen molar-refractivity contribution in [3.63, 3.8) is 0 Å². The number of methoxy groups -OCH3 is 1. The maximum Gasteiger partial charge on any atom is 0.407 e. The molecule has 0 saturated heterocycles. The highest BCUT2D eigenvalue weighted by molar-refractivity contribution is 6.12. The highest BCUT2D eigenvalue weighted by Gasteiger charge is 2.25. The van der Waals surface area contributed by atoms with E-state index < -0.39 is 23.6 Å². The number of pyridine rings is 1. The summed E-state index contributed by atoms with van der Waals surface area (Å²) in [5, 5.41) is 5.88. The molecule has 1 heterocycles. The number of rotatable bonds is 9. The van der Waals surface area contributed by atoms with Crippen LogP contribution in [0.3, 0.4) is 0 Å². The standard InChI is InChI=1S/C32H40N4O5/c1-19(2)16-26-25(18-34-31(39)41-32(4,5)6)27(22-14-12-21(17-33)13-15-22)28(20(3)35-26)36-29(37)23-10-8-9-11-24(23)30(38)40-7/h8-15,19H,16-18,33H2,1-7H3,(H,34,39)(H,36,37). The van der Waals surface area contributed by atoms with Crippen molar-refractivity contribution in [1.29, 1.82) is 0 Å². The zero-order chi connectivity index (χ0) is 30.3. The number of carbonyl (C=O) groups is 3. The van der Waals surface area contributed by atoms with Crippen LogP contribution >= 0.6 is 0 Å². The number of amides is 2. The molecule has 2 aromatic carbocycles. The van der Waals surface area contributed by atoms with E-state index in [9.17, 15) is 14.4 Å². The molecule has 0 spiro atoms. The van der Waals surface area contributed by atoms with Gasteiger partial charge >= 0.3 is 12.1 Å². The molecular weight excluding hydrogens is 520 g/mol. The van der Waals surface area contributed by atoms with E-state index in [2.05, 4.69) is 24.5 Å². The number of aromatic nitrogens is 1. The smallest absolute Gasteiger partial charge is 0.407 e. The lowest BCUT2D eigenvalue weighted by molar-refractivity contribution is 0.0522. The third-order valence-corrected chi connectivity index (χ3v) is 6.27. The van der Waals surface area contributed by atoms with Crippen LogP contribution in [0.5, 0.6) is 0 Å². The first-order valence-electron chi connectivity index (χ1n) is 13.6. The van der Waals surface area contributed by atoms with E-state index >= 15 is 0 Å². The minimum Gasteiger partial charge on any atom is -0.465 e. The molecule has 2 amide bonds. The average Bonchev–Trinajstić information content (AvgIpc) is 2.92. The summed E-state index contributed by atoms with van der Waals surface area (Å²) < 4.78 is 10.4. The van der Waals surface area contributed by atoms with Gasteiger partial charge in [0, 0.05) is 29.9 Å². The van der Waals surface area contributed by atoms with Crippen LogP contribution in [0.1, 0.15) is 77.8 Å². The lowest BCUT2D eigenvalue weighted by Crippen LogP contribution is -2.32. The van der Waals surface area contributed by atoms with E-state index in [1.54, 1.807) is 45.0 Å². The molecule has 0 fully saturated rings. The maximum absolute atomic E-state index is 13.6. The van der Waals surface area contributed by atoms with Crippen LogP contribution < -0.4 is 16.4 Å². The molecule has 0 aliphatic carbocycles. The second-order valence-electron chi connectivity index (χ2n) is 11.2. The highest BCUT2D eigenvalue weighted by Crippen LogP contribution is 2.37. The fourth-order valence-corrected chi connectivity index (χ4v) is 4.45. The van der Waals surface area contributed by atoms with Crippen molar-refractivity contribution in [2.24, 2.45) is 11.7 Å². The Morgan fingerprint density at radius 3 is 2.20 bits per heavy atom. The largest absolute Gasteiger partial charge is 0.465 e. The van der Waals surface area contributed by atoms with E-state index in [0.717, 1.165) is 27.9 Å². The molecule has 0 aliphatic heterocycles. The average molecular weight is 561 g/mol. The molecule has 3 aromatic rings. The van der Waals surface area contributed by atoms with Crippen LogP contribution in [0.4, 0.5) is 10.5 Å². The number of nitrogens with zero attached hydrogens (tertiary/aromatic N) is 1. The molecule has 4 N–H and O–H groups in total. The Kier molecular flexibility index (Phi) is 10.2. The molecule has 9 nitrogen and oxygen atoms in total. The SMILES string of the molecule is COC(=O)c1ccccc1C(=O)Nc1c(C)nc(CC(C)C)c(CNC(=O)OC(C)(C)C)c1-c1ccc(CN)cc1. The van der Waals surface area contributed by atoms with Crippen LogP contribution in [0.25, 0.3) is 11.1 Å². The van der Waals surface area contributed by atoms with Crippen molar-refractivity contribution in [2.45, 2.75) is 66.7 Å². The summed E-state index contributed by atoms with van der Waals surface area (Å²) in [7, 11) is 1.27. The van der Waals surface area contributed by atoms with Gasteiger partial charge in [-0.25, -0.2) is 9.59 Å². The number of hydrogen-bond acceptors (Lipinski definition) is 7. The highest BCUT2D eigenvalue weighted by atomic mass is 16.6. The summed E-state index contributed by atoms with van der Waals surface area (Å²) in [6, 6.07) is 14.2. The Balaban J connectivity index is 2.20. The summed E-state index contributed by atoms with van der Waals surface area (Å²) in [4.78, 5) is 43.6. The Hall–Kier alpha value is -4.24. The number of esters is 1. The van der Waals surface area contributed by atoms with Crippen molar-refractivity contribution < 1.29 is 23.9 Å². The van der Waals surface area contributed by atoms with Crippen molar-refractivity contribution in [3.8, 4) is 11.1 Å². The zero-order valence-corrected chi connectivity index (χ0v) is 24.9. The maximum atomic E-state index is 13.6. The number of aryl methyl sites for hydroxylation is 1. The Morgan fingerprint density at radius 2 is 1.63 bits per heavy atom. The lowest BCUT2D eigenvalue weighted by atomic mass is 9.91. The van der Waals surface area contributed by atoms with Gasteiger partial charge in [0.15, 0.2) is 0 Å². The minimum atomic E-state index is -0.663. The van der Waals surface area contributed by atoms with Gasteiger partial charge in [-0.2, -0.15) is 0 Å². The predicted octanol–water partition coefficient (Wildman–Crippen LogP) is 5.78. The molecule has 9 heteroatoms. The molecule has 1 aromatic heterocycles. The van der Waals surface area contributed by atoms with Gasteiger partial charge in [0.25, 0.3) is 5.91 Å². The van der Waals surface area contributed by atoms with Crippen molar-refractivity contribution in [2.75, 3.05) is 12.4 Å². The Bertz CT molecular complexity index is 1410. The van der Waals surface area contributed by atoms with Gasteiger partial charge < -0.3 is 25.8 Å². The number of anilines is 1. The van der Waals surface area contributed by atoms with Gasteiger partial charge in [-0.15, -0.1) is 0 Å². The van der Waals surface area contributed by atoms with Crippen molar-refractivity contribution in [3.05, 3.63) is 82.2 Å². The molecule has 41 heavy (non-hydrogen) atoms. The molecule has 0 saturated carbocycles. The van der Waals surface area contributed by atoms with Gasteiger partial charge in [-0.05, 0) is 63.3 Å². The second kappa shape index (κ2) is 13.4. The Labute approximate surface area is 241 Å². The summed E-state index contributed by atoms with van der Waals surface area (Å²) in [6.07, 6.45) is 0.0926. The molecule has 0 atom stereocenters. The van der Waals surface area contributed by atoms with E-state index in [-0.39, 0.29) is 23.6 Å². The van der Waals surface area contributed by atoms with Crippen LogP contribution in [-0.4, -0.2) is 35.7 Å². The zero-order valence-electron chi connectivity index (χ0n) is 24.9. The van der Waals surface area contributed by atoms with E-state index in [1.165, 1.54) is 7.11 Å². The van der Waals surface area contributed by atoms with Gasteiger partial charge in [-0.1, -0.05) is 50.2 Å². The van der Waals surface area contributed by atoms with Gasteiger partial charge in [0.05, 0.1) is 29.6 Å². The van der Waals surface area contributed by atoms with Crippen LogP contribution in [0, 0.1) is 12.8 Å². The number of benzene rings is 2. The minimum absolute atomic E-state index is 0.125. The normalized spacial score (nSPS) is 11.2. The quantitative estimate of drug-likeness (QED) is 0.283. The summed E-state index contributed by atoms with van der Waals surface area (Å²) >= 11 is 0. The third kappa shape index (κ3) is 8.14. The van der Waals surface area contributed by atoms with Crippen LogP contribution in [0.2, 0.25) is 0 Å². The molecule has 218 valence electrons. The molecular formula is C32H40N4O5. The lowest BCUT2D eigenvalue weighted by Gasteiger charge is -2.24. The first kappa shape index (κ1) is 31.3. The fraction of sp³-hybridized carbons (Fsp3) is 0.375. The first-order chi connectivity index (χ1) is 19.3. The van der Waals surface area contributed by atoms with Crippen LogP contribution in [0.15, 0.2) is 48.5 Å². The number of nitrogens with one attached hydrogen (secondary N) is 2. The number of carbonyl (C=O) groups excluding carboxylic acids is 3. The first-order valence-corrected chi connectivity index (χ1v) is 13.6. The Morgan fingerprint density at radius 1 is 1.00 bits per heavy atom. The molecule has 0 unspecified atom stereocenters. The second-order valence-corrected chi connectivity index (χ2v) is 11.2. The van der Waals surface area contributed by atoms with E-state index in [4.69, 9.17) is 20.2 Å². The van der Waals surface area contributed by atoms with Gasteiger partial charge in [0.2, 0.25) is 0 Å². The third-order valence-electron chi connectivity index (χ3n) is 6.27. The summed E-state index contributed by atoms with van der Waals surface area (Å²) in [5.41, 5.74) is 10.6. The summed E-state index contributed by atoms with van der Waals surface area (Å²) in [6.45, 7) is 11.9. The van der Waals surface area contributed by atoms with Gasteiger partial charge in [-0.3, -0.25) is 9.78 Å². The van der Waals surface area contributed by atoms with Crippen molar-refractivity contribution >= 4 is 23.7 Å². The topological polar surface area (TPSA) is 133 Å². The van der Waals surface area contributed by atoms with Crippen LogP contribution in [-0.2, 0) is 29.0 Å². The molecule has 0 bridgehead atoms. The number of alkyl carbamates (subject to hydrolysis) is 1. The number of nitrogens with two attached hydrogens (primary N) is 1. The fourth-order valence-electron chi connectivity index (χ4n) is 4.45. The van der Waals surface area contributed by atoms with Crippen molar-refractivity contribution in [1.82, 2.24) is 10.3 Å². The molecule has 3 rings (SSSR count). The summed E-state index contributed by atoms with van der Waals surface area (Å²) in [5.74, 6) is -0.821. The van der Waals surface area contributed by atoms with Gasteiger partial charge in [0.1, 0.15) is 5.60 Å². The molecule has 0 aliphatic rings. The monoisotopic (exact) mass is 560 g/mol. The molecule has 0 radical (unpaired) electrons. The van der Waals surface area contributed by atoms with E-state index in [1.807, 2.05) is 31.2 Å².